The number of amides is 1. The molecule has 2 heterocycles. The fourth-order valence-electron chi connectivity index (χ4n) is 1.76. The van der Waals surface area contributed by atoms with E-state index < -0.39 is 12.0 Å². The van der Waals surface area contributed by atoms with E-state index >= 15 is 0 Å². The predicted molar refractivity (Wildman–Crippen MR) is 72.8 cm³/mol. The number of hydrogen-bond donors (Lipinski definition) is 2. The van der Waals surface area contributed by atoms with Crippen molar-refractivity contribution in [2.45, 2.75) is 18.9 Å². The number of thiazole rings is 1. The molecular formula is C12H15N3O4S. The number of hydrogen-bond acceptors (Lipinski definition) is 5. The number of carbonyl (C=O) groups excluding carboxylic acids is 1. The van der Waals surface area contributed by atoms with E-state index in [2.05, 4.69) is 10.3 Å². The second kappa shape index (κ2) is 6.49. The van der Waals surface area contributed by atoms with Crippen molar-refractivity contribution >= 4 is 28.2 Å². The Morgan fingerprint density at radius 1 is 1.60 bits per heavy atom. The fourth-order valence-corrected chi connectivity index (χ4v) is 2.48. The number of imidazole rings is 1. The summed E-state index contributed by atoms with van der Waals surface area (Å²) in [6, 6.07) is -0.939. The van der Waals surface area contributed by atoms with Crippen LogP contribution in [0, 0.1) is 0 Å². The summed E-state index contributed by atoms with van der Waals surface area (Å²) in [6.45, 7) is 0.275. The Bertz CT molecular complexity index is 578. The van der Waals surface area contributed by atoms with Gasteiger partial charge in [0.15, 0.2) is 4.96 Å². The zero-order valence-corrected chi connectivity index (χ0v) is 11.7. The van der Waals surface area contributed by atoms with Crippen molar-refractivity contribution < 1.29 is 19.4 Å². The average molecular weight is 297 g/mol. The van der Waals surface area contributed by atoms with Crippen molar-refractivity contribution in [3.8, 4) is 0 Å². The van der Waals surface area contributed by atoms with Gasteiger partial charge in [-0.15, -0.1) is 11.3 Å². The quantitative estimate of drug-likeness (QED) is 0.778. The molecule has 0 bridgehead atoms. The maximum absolute atomic E-state index is 11.8. The summed E-state index contributed by atoms with van der Waals surface area (Å²) in [5.41, 5.74) is 0.616. The molecule has 0 spiro atoms. The van der Waals surface area contributed by atoms with Crippen LogP contribution >= 0.6 is 11.3 Å². The molecular weight excluding hydrogens is 282 g/mol. The molecule has 0 aromatic carbocycles. The Morgan fingerprint density at radius 3 is 3.05 bits per heavy atom. The van der Waals surface area contributed by atoms with Gasteiger partial charge in [-0.1, -0.05) is 0 Å². The molecule has 7 nitrogen and oxygen atoms in total. The van der Waals surface area contributed by atoms with Gasteiger partial charge in [0, 0.05) is 37.9 Å². The Hall–Kier alpha value is -1.93. The highest BCUT2D eigenvalue weighted by Crippen LogP contribution is 2.11. The molecule has 8 heteroatoms. The van der Waals surface area contributed by atoms with E-state index in [1.165, 1.54) is 18.4 Å². The van der Waals surface area contributed by atoms with Crippen LogP contribution in [0.4, 0.5) is 0 Å². The van der Waals surface area contributed by atoms with Gasteiger partial charge < -0.3 is 15.2 Å². The van der Waals surface area contributed by atoms with Gasteiger partial charge in [-0.3, -0.25) is 9.20 Å². The Labute approximate surface area is 119 Å². The summed E-state index contributed by atoms with van der Waals surface area (Å²) >= 11 is 1.47. The van der Waals surface area contributed by atoms with Crippen LogP contribution in [-0.4, -0.2) is 46.1 Å². The second-order valence-electron chi connectivity index (χ2n) is 4.24. The molecule has 2 N–H and O–H groups in total. The number of nitrogens with zero attached hydrogens (tertiary/aromatic N) is 2. The van der Waals surface area contributed by atoms with Gasteiger partial charge in [-0.2, -0.15) is 0 Å². The number of fused-ring (bicyclic) bond motifs is 1. The average Bonchev–Trinajstić information content (AvgIpc) is 2.94. The minimum Gasteiger partial charge on any atom is -0.480 e. The van der Waals surface area contributed by atoms with Crippen LogP contribution in [0.25, 0.3) is 4.96 Å². The number of carboxylic acids is 1. The summed E-state index contributed by atoms with van der Waals surface area (Å²) in [5.74, 6) is -1.43. The lowest BCUT2D eigenvalue weighted by atomic mass is 10.2. The Balaban J connectivity index is 1.93. The van der Waals surface area contributed by atoms with Gasteiger partial charge in [0.1, 0.15) is 6.04 Å². The van der Waals surface area contributed by atoms with E-state index in [1.54, 1.807) is 6.20 Å². The van der Waals surface area contributed by atoms with Crippen molar-refractivity contribution in [1.82, 2.24) is 14.7 Å². The first-order chi connectivity index (χ1) is 9.60. The lowest BCUT2D eigenvalue weighted by Crippen LogP contribution is -2.42. The van der Waals surface area contributed by atoms with Gasteiger partial charge in [-0.05, 0) is 0 Å². The first kappa shape index (κ1) is 14.5. The number of carbonyl (C=O) groups is 2. The van der Waals surface area contributed by atoms with Crippen molar-refractivity contribution in [1.29, 1.82) is 0 Å². The van der Waals surface area contributed by atoms with E-state index in [9.17, 15) is 9.59 Å². The van der Waals surface area contributed by atoms with E-state index in [4.69, 9.17) is 9.84 Å². The lowest BCUT2D eigenvalue weighted by molar-refractivity contribution is -0.142. The first-order valence-corrected chi connectivity index (χ1v) is 6.90. The maximum Gasteiger partial charge on any atom is 0.326 e. The molecule has 0 aliphatic heterocycles. The predicted octanol–water partition coefficient (Wildman–Crippen LogP) is 0.544. The molecule has 2 aromatic heterocycles. The number of ether oxygens (including phenoxy) is 1. The zero-order chi connectivity index (χ0) is 14.5. The standard InChI is InChI=1S/C12H15N3O4S/c1-19-4-2-9(11(17)18)14-10(16)6-8-7-15-3-5-20-12(15)13-8/h3,5,7,9H,2,4,6H2,1H3,(H,14,16)(H,17,18). The van der Waals surface area contributed by atoms with Crippen molar-refractivity contribution in [2.24, 2.45) is 0 Å². The van der Waals surface area contributed by atoms with Crippen molar-refractivity contribution in [3.05, 3.63) is 23.5 Å². The van der Waals surface area contributed by atoms with Crippen LogP contribution in [0.1, 0.15) is 12.1 Å². The monoisotopic (exact) mass is 297 g/mol. The molecule has 2 aromatic rings. The number of rotatable bonds is 7. The SMILES string of the molecule is COCCC(NC(=O)Cc1cn2ccsc2n1)C(=O)O. The van der Waals surface area contributed by atoms with Crippen LogP contribution < -0.4 is 5.32 Å². The van der Waals surface area contributed by atoms with Crippen molar-refractivity contribution in [3.63, 3.8) is 0 Å². The second-order valence-corrected chi connectivity index (χ2v) is 5.11. The van der Waals surface area contributed by atoms with E-state index in [1.807, 2.05) is 16.0 Å². The molecule has 0 aliphatic carbocycles. The Morgan fingerprint density at radius 2 is 2.40 bits per heavy atom. The molecule has 20 heavy (non-hydrogen) atoms. The van der Waals surface area contributed by atoms with Gasteiger partial charge in [0.2, 0.25) is 5.91 Å². The number of carboxylic acid groups (broad SMARTS) is 1. The largest absolute Gasteiger partial charge is 0.480 e. The van der Waals surface area contributed by atoms with E-state index in [-0.39, 0.29) is 25.4 Å². The third-order valence-electron chi connectivity index (χ3n) is 2.73. The van der Waals surface area contributed by atoms with Gasteiger partial charge in [-0.25, -0.2) is 9.78 Å². The van der Waals surface area contributed by atoms with Gasteiger partial charge in [0.05, 0.1) is 12.1 Å². The molecule has 1 amide bonds. The molecule has 108 valence electrons. The fraction of sp³-hybridized carbons (Fsp3) is 0.417. The topological polar surface area (TPSA) is 92.9 Å². The summed E-state index contributed by atoms with van der Waals surface area (Å²) < 4.78 is 6.65. The third kappa shape index (κ3) is 3.55. The summed E-state index contributed by atoms with van der Waals surface area (Å²) in [5, 5.41) is 13.4. The molecule has 0 saturated carbocycles. The molecule has 2 rings (SSSR count). The smallest absolute Gasteiger partial charge is 0.326 e. The van der Waals surface area contributed by atoms with Gasteiger partial charge >= 0.3 is 5.97 Å². The number of methoxy groups -OCH3 is 1. The molecule has 1 atom stereocenters. The highest BCUT2D eigenvalue weighted by Gasteiger charge is 2.20. The molecule has 0 saturated heterocycles. The zero-order valence-electron chi connectivity index (χ0n) is 10.9. The highest BCUT2D eigenvalue weighted by atomic mass is 32.1. The van der Waals surface area contributed by atoms with E-state index in [0.29, 0.717) is 5.69 Å². The normalized spacial score (nSPS) is 12.4. The molecule has 0 radical (unpaired) electrons. The molecule has 1 unspecified atom stereocenters. The minimum absolute atomic E-state index is 0.0607. The summed E-state index contributed by atoms with van der Waals surface area (Å²) in [4.78, 5) is 27.9. The van der Waals surface area contributed by atoms with Crippen LogP contribution in [-0.2, 0) is 20.7 Å². The number of aromatic nitrogens is 2. The minimum atomic E-state index is -1.07. The van der Waals surface area contributed by atoms with Crippen molar-refractivity contribution in [2.75, 3.05) is 13.7 Å². The van der Waals surface area contributed by atoms with Crippen LogP contribution in [0.2, 0.25) is 0 Å². The number of nitrogens with one attached hydrogen (secondary N) is 1. The van der Waals surface area contributed by atoms with Crippen LogP contribution in [0.5, 0.6) is 0 Å². The summed E-state index contributed by atoms with van der Waals surface area (Å²) in [6.07, 6.45) is 3.91. The van der Waals surface area contributed by atoms with Crippen LogP contribution in [0.15, 0.2) is 17.8 Å². The van der Waals surface area contributed by atoms with Crippen LogP contribution in [0.3, 0.4) is 0 Å². The van der Waals surface area contributed by atoms with E-state index in [0.717, 1.165) is 4.96 Å². The first-order valence-electron chi connectivity index (χ1n) is 6.02. The number of aliphatic carboxylic acids is 1. The Kier molecular flexibility index (Phi) is 4.70. The highest BCUT2D eigenvalue weighted by molar-refractivity contribution is 7.15. The third-order valence-corrected chi connectivity index (χ3v) is 3.50. The van der Waals surface area contributed by atoms with Gasteiger partial charge in [0.25, 0.3) is 0 Å². The molecule has 0 fully saturated rings. The lowest BCUT2D eigenvalue weighted by Gasteiger charge is -2.13. The summed E-state index contributed by atoms with van der Waals surface area (Å²) in [7, 11) is 1.48. The molecule has 0 aliphatic rings. The maximum atomic E-state index is 11.8.